The Bertz CT molecular complexity index is 139. The van der Waals surface area contributed by atoms with E-state index in [1.165, 1.54) is 19.3 Å². The van der Waals surface area contributed by atoms with Crippen LogP contribution in [0.3, 0.4) is 0 Å². The Morgan fingerprint density at radius 3 is 2.46 bits per heavy atom. The fourth-order valence-corrected chi connectivity index (χ4v) is 1.98. The van der Waals surface area contributed by atoms with Gasteiger partial charge in [0.2, 0.25) is 5.24 Å². The van der Waals surface area contributed by atoms with Crippen LogP contribution in [0.2, 0.25) is 0 Å². The van der Waals surface area contributed by atoms with E-state index in [1.807, 2.05) is 0 Å². The van der Waals surface area contributed by atoms with E-state index in [0.717, 1.165) is 19.3 Å². The highest BCUT2D eigenvalue weighted by atomic mass is 79.9. The molecule has 1 atom stereocenters. The monoisotopic (exact) mass is 268 g/mol. The van der Waals surface area contributed by atoms with Crippen molar-refractivity contribution in [1.29, 1.82) is 0 Å². The first-order valence-corrected chi connectivity index (χ1v) is 6.28. The van der Waals surface area contributed by atoms with Gasteiger partial charge < -0.3 is 0 Å². The Hall–Kier alpha value is 0.440. The summed E-state index contributed by atoms with van der Waals surface area (Å²) in [6.07, 6.45) is 7.48. The van der Waals surface area contributed by atoms with E-state index in [0.29, 0.717) is 11.2 Å². The first kappa shape index (κ1) is 13.4. The summed E-state index contributed by atoms with van der Waals surface area (Å²) >= 11 is 8.85. The first-order chi connectivity index (χ1) is 6.16. The minimum absolute atomic E-state index is 0.209. The minimum Gasteiger partial charge on any atom is -0.281 e. The number of carbonyl (C=O) groups excluding carboxylic acids is 1. The van der Waals surface area contributed by atoms with Crippen LogP contribution in [-0.2, 0) is 4.79 Å². The summed E-state index contributed by atoms with van der Waals surface area (Å²) in [7, 11) is 0. The summed E-state index contributed by atoms with van der Waals surface area (Å²) in [6.45, 7) is 2.20. The molecule has 78 valence electrons. The van der Waals surface area contributed by atoms with Gasteiger partial charge in [0.1, 0.15) is 0 Å². The molecule has 1 unspecified atom stereocenters. The lowest BCUT2D eigenvalue weighted by Crippen LogP contribution is -1.98. The molecule has 0 rings (SSSR count). The van der Waals surface area contributed by atoms with Crippen molar-refractivity contribution in [2.45, 2.75) is 56.7 Å². The number of rotatable bonds is 8. The molecule has 0 aliphatic heterocycles. The van der Waals surface area contributed by atoms with Crippen LogP contribution in [0.15, 0.2) is 0 Å². The highest BCUT2D eigenvalue weighted by Crippen LogP contribution is 2.17. The van der Waals surface area contributed by atoms with Crippen molar-refractivity contribution in [3.8, 4) is 0 Å². The fraction of sp³-hybridized carbons (Fsp3) is 0.900. The van der Waals surface area contributed by atoms with Gasteiger partial charge in [-0.2, -0.15) is 0 Å². The zero-order valence-electron chi connectivity index (χ0n) is 8.19. The van der Waals surface area contributed by atoms with Crippen LogP contribution in [0.5, 0.6) is 0 Å². The third-order valence-electron chi connectivity index (χ3n) is 2.01. The topological polar surface area (TPSA) is 17.1 Å². The summed E-state index contributed by atoms with van der Waals surface area (Å²) in [5.41, 5.74) is 0. The van der Waals surface area contributed by atoms with E-state index in [2.05, 4.69) is 22.9 Å². The van der Waals surface area contributed by atoms with Crippen molar-refractivity contribution < 1.29 is 4.79 Å². The van der Waals surface area contributed by atoms with Gasteiger partial charge in [-0.25, -0.2) is 0 Å². The van der Waals surface area contributed by atoms with Crippen molar-refractivity contribution in [1.82, 2.24) is 0 Å². The molecule has 0 aromatic rings. The van der Waals surface area contributed by atoms with Gasteiger partial charge in [-0.05, 0) is 30.9 Å². The molecule has 0 spiro atoms. The number of unbranched alkanes of at least 4 members (excludes halogenated alkanes) is 2. The summed E-state index contributed by atoms with van der Waals surface area (Å²) in [4.78, 5) is 11.0. The second kappa shape index (κ2) is 9.01. The average Bonchev–Trinajstić information content (AvgIpc) is 2.08. The molecular formula is C10H18BrClO. The Balaban J connectivity index is 3.16. The molecule has 0 radical (unpaired) electrons. The third kappa shape index (κ3) is 10.4. The summed E-state index contributed by atoms with van der Waals surface area (Å²) < 4.78 is 0. The molecule has 0 fully saturated rings. The zero-order valence-corrected chi connectivity index (χ0v) is 10.5. The summed E-state index contributed by atoms with van der Waals surface area (Å²) in [5, 5.41) is -0.209. The van der Waals surface area contributed by atoms with Gasteiger partial charge in [-0.1, -0.05) is 42.1 Å². The van der Waals surface area contributed by atoms with Crippen LogP contribution in [0.25, 0.3) is 0 Å². The van der Waals surface area contributed by atoms with Crippen molar-refractivity contribution in [3.63, 3.8) is 0 Å². The largest absolute Gasteiger partial charge is 0.281 e. The van der Waals surface area contributed by atoms with Crippen LogP contribution in [0, 0.1) is 0 Å². The van der Waals surface area contributed by atoms with Gasteiger partial charge in [0.25, 0.3) is 0 Å². The summed E-state index contributed by atoms with van der Waals surface area (Å²) in [6, 6.07) is 0. The number of carbonyl (C=O) groups is 1. The number of hydrogen-bond donors (Lipinski definition) is 0. The van der Waals surface area contributed by atoms with Gasteiger partial charge in [0, 0.05) is 11.2 Å². The fourth-order valence-electron chi connectivity index (χ4n) is 1.20. The van der Waals surface area contributed by atoms with Crippen molar-refractivity contribution in [3.05, 3.63) is 0 Å². The van der Waals surface area contributed by atoms with Crippen LogP contribution < -0.4 is 0 Å². The maximum Gasteiger partial charge on any atom is 0.221 e. The maximum atomic E-state index is 10.4. The molecule has 0 amide bonds. The van der Waals surface area contributed by atoms with Gasteiger partial charge in [-0.15, -0.1) is 0 Å². The van der Waals surface area contributed by atoms with Gasteiger partial charge in [0.05, 0.1) is 0 Å². The summed E-state index contributed by atoms with van der Waals surface area (Å²) in [5.74, 6) is 0. The molecule has 13 heavy (non-hydrogen) atoms. The molecule has 1 nitrogen and oxygen atoms in total. The molecule has 0 aliphatic carbocycles. The molecule has 0 heterocycles. The second-order valence-corrected chi connectivity index (χ2v) is 5.06. The van der Waals surface area contributed by atoms with Crippen molar-refractivity contribution >= 4 is 32.8 Å². The number of alkyl halides is 1. The van der Waals surface area contributed by atoms with E-state index in [4.69, 9.17) is 11.6 Å². The minimum atomic E-state index is -0.209. The number of hydrogen-bond acceptors (Lipinski definition) is 1. The van der Waals surface area contributed by atoms with Crippen LogP contribution in [-0.4, -0.2) is 10.1 Å². The van der Waals surface area contributed by atoms with Crippen molar-refractivity contribution in [2.24, 2.45) is 0 Å². The molecule has 3 heteroatoms. The van der Waals surface area contributed by atoms with E-state index in [1.54, 1.807) is 0 Å². The Labute approximate surface area is 94.4 Å². The van der Waals surface area contributed by atoms with Gasteiger partial charge in [0.15, 0.2) is 0 Å². The normalized spacial score (nSPS) is 12.8. The van der Waals surface area contributed by atoms with Crippen LogP contribution in [0.4, 0.5) is 0 Å². The SMILES string of the molecule is CCCCC(Br)CCCCC(=O)Cl. The molecular weight excluding hydrogens is 251 g/mol. The molecule has 0 bridgehead atoms. The Kier molecular flexibility index (Phi) is 9.32. The highest BCUT2D eigenvalue weighted by molar-refractivity contribution is 9.09. The molecule has 0 aliphatic rings. The predicted octanol–water partition coefficient (Wildman–Crippen LogP) is 4.27. The van der Waals surface area contributed by atoms with Crippen LogP contribution in [0.1, 0.15) is 51.9 Å². The second-order valence-electron chi connectivity index (χ2n) is 3.34. The smallest absolute Gasteiger partial charge is 0.221 e. The lowest BCUT2D eigenvalue weighted by atomic mass is 10.1. The Morgan fingerprint density at radius 2 is 1.92 bits per heavy atom. The first-order valence-electron chi connectivity index (χ1n) is 4.99. The molecule has 0 N–H and O–H groups in total. The lowest BCUT2D eigenvalue weighted by Gasteiger charge is -2.07. The standard InChI is InChI=1S/C10H18BrClO/c1-2-3-6-9(11)7-4-5-8-10(12)13/h9H,2-8H2,1H3. The zero-order chi connectivity index (χ0) is 10.1. The lowest BCUT2D eigenvalue weighted by molar-refractivity contribution is -0.111. The van der Waals surface area contributed by atoms with E-state index < -0.39 is 0 Å². The van der Waals surface area contributed by atoms with E-state index >= 15 is 0 Å². The Morgan fingerprint density at radius 1 is 1.31 bits per heavy atom. The number of halogens is 2. The van der Waals surface area contributed by atoms with Gasteiger partial charge >= 0.3 is 0 Å². The highest BCUT2D eigenvalue weighted by Gasteiger charge is 2.03. The predicted molar refractivity (Wildman–Crippen MR) is 61.6 cm³/mol. The molecule has 0 aromatic heterocycles. The molecule has 0 saturated heterocycles. The van der Waals surface area contributed by atoms with Crippen LogP contribution >= 0.6 is 27.5 Å². The van der Waals surface area contributed by atoms with Crippen molar-refractivity contribution in [2.75, 3.05) is 0 Å². The molecule has 0 saturated carbocycles. The average molecular weight is 270 g/mol. The molecule has 0 aromatic carbocycles. The third-order valence-corrected chi connectivity index (χ3v) is 3.12. The van der Waals surface area contributed by atoms with E-state index in [9.17, 15) is 4.79 Å². The van der Waals surface area contributed by atoms with E-state index in [-0.39, 0.29) is 5.24 Å². The maximum absolute atomic E-state index is 10.4. The van der Waals surface area contributed by atoms with Gasteiger partial charge in [-0.3, -0.25) is 4.79 Å². The quantitative estimate of drug-likeness (QED) is 0.365.